The molecule has 8 heteroatoms. The molecule has 198 valence electrons. The highest BCUT2D eigenvalue weighted by atomic mass is 35.5. The van der Waals surface area contributed by atoms with Crippen LogP contribution in [0, 0.1) is 0 Å². The largest absolute Gasteiger partial charge is 0.347 e. The first-order valence-electron chi connectivity index (χ1n) is 12.8. The average Bonchev–Trinajstić information content (AvgIpc) is 3.26. The number of hydrogen-bond acceptors (Lipinski definition) is 3. The van der Waals surface area contributed by atoms with Crippen LogP contribution in [0.4, 0.5) is 4.79 Å². The van der Waals surface area contributed by atoms with Gasteiger partial charge in [-0.2, -0.15) is 0 Å². The second-order valence-corrected chi connectivity index (χ2v) is 10.0. The maximum absolute atomic E-state index is 13.7. The Kier molecular flexibility index (Phi) is 7.79. The van der Waals surface area contributed by atoms with Gasteiger partial charge in [-0.1, -0.05) is 90.5 Å². The van der Waals surface area contributed by atoms with E-state index in [1.165, 1.54) is 9.80 Å². The fourth-order valence-electron chi connectivity index (χ4n) is 5.14. The van der Waals surface area contributed by atoms with Crippen LogP contribution in [0.25, 0.3) is 0 Å². The van der Waals surface area contributed by atoms with Crippen molar-refractivity contribution in [2.45, 2.75) is 18.5 Å². The van der Waals surface area contributed by atoms with Gasteiger partial charge in [-0.05, 0) is 35.2 Å². The standard InChI is InChI=1S/C31H29ClN4O3/c1-2-16-36-26-19-35(30(38)28(26)29(34-31(36)39)23-14-9-15-24(32)18-23)20-27(37)33-25(22-12-7-4-8-13-22)17-21-10-5-3-6-11-21/h2-15,18,25,29H,1,16-17,19-20H2,(H,33,37)(H,34,39)/t25-,29+/m0/s1. The van der Waals surface area contributed by atoms with Gasteiger partial charge in [0.05, 0.1) is 29.9 Å². The Balaban J connectivity index is 1.37. The first kappa shape index (κ1) is 26.3. The minimum absolute atomic E-state index is 0.137. The lowest BCUT2D eigenvalue weighted by Gasteiger charge is -2.33. The van der Waals surface area contributed by atoms with Crippen molar-refractivity contribution in [3.63, 3.8) is 0 Å². The van der Waals surface area contributed by atoms with Gasteiger partial charge in [0.2, 0.25) is 5.91 Å². The highest BCUT2D eigenvalue weighted by molar-refractivity contribution is 6.30. The summed E-state index contributed by atoms with van der Waals surface area (Å²) in [6.45, 7) is 4.00. The molecule has 2 atom stereocenters. The fraction of sp³-hybridized carbons (Fsp3) is 0.194. The zero-order valence-corrected chi connectivity index (χ0v) is 22.1. The van der Waals surface area contributed by atoms with Crippen molar-refractivity contribution in [3.05, 3.63) is 131 Å². The lowest BCUT2D eigenvalue weighted by molar-refractivity contribution is -0.132. The molecule has 0 fully saturated rings. The maximum Gasteiger partial charge on any atom is 0.322 e. The van der Waals surface area contributed by atoms with E-state index in [4.69, 9.17) is 11.6 Å². The first-order valence-corrected chi connectivity index (χ1v) is 13.2. The molecule has 2 N–H and O–H groups in total. The molecule has 2 aliphatic rings. The van der Waals surface area contributed by atoms with Crippen molar-refractivity contribution >= 4 is 29.4 Å². The Morgan fingerprint density at radius 1 is 1.05 bits per heavy atom. The molecule has 2 heterocycles. The Hall–Kier alpha value is -4.36. The Morgan fingerprint density at radius 2 is 1.77 bits per heavy atom. The van der Waals surface area contributed by atoms with Gasteiger partial charge in [0.1, 0.15) is 6.54 Å². The van der Waals surface area contributed by atoms with Crippen LogP contribution in [0.1, 0.15) is 28.8 Å². The monoisotopic (exact) mass is 540 g/mol. The van der Waals surface area contributed by atoms with Crippen molar-refractivity contribution in [2.24, 2.45) is 0 Å². The number of carbonyl (C=O) groups excluding carboxylic acids is 3. The Bertz CT molecular complexity index is 1420. The normalized spacial score (nSPS) is 17.5. The highest BCUT2D eigenvalue weighted by Gasteiger charge is 2.44. The van der Waals surface area contributed by atoms with E-state index < -0.39 is 6.04 Å². The summed E-state index contributed by atoms with van der Waals surface area (Å²) < 4.78 is 0. The van der Waals surface area contributed by atoms with Crippen molar-refractivity contribution in [1.82, 2.24) is 20.4 Å². The van der Waals surface area contributed by atoms with Gasteiger partial charge in [-0.25, -0.2) is 4.79 Å². The number of nitrogens with one attached hydrogen (secondary N) is 2. The SMILES string of the molecule is C=CCN1C(=O)N[C@H](c2cccc(Cl)c2)C2=C1CN(CC(=O)N[C@@H](Cc1ccccc1)c1ccccc1)C2=O. The number of halogens is 1. The molecule has 0 saturated carbocycles. The molecular formula is C31H29ClN4O3. The summed E-state index contributed by atoms with van der Waals surface area (Å²) in [5.41, 5.74) is 3.79. The average molecular weight is 541 g/mol. The van der Waals surface area contributed by atoms with E-state index in [2.05, 4.69) is 17.2 Å². The van der Waals surface area contributed by atoms with Crippen LogP contribution in [0.3, 0.4) is 0 Å². The first-order chi connectivity index (χ1) is 18.9. The molecule has 0 bridgehead atoms. The van der Waals surface area contributed by atoms with Crippen molar-refractivity contribution in [2.75, 3.05) is 19.6 Å². The molecule has 5 rings (SSSR count). The highest BCUT2D eigenvalue weighted by Crippen LogP contribution is 2.36. The minimum atomic E-state index is -0.664. The molecule has 4 amide bonds. The van der Waals surface area contributed by atoms with E-state index in [0.29, 0.717) is 28.3 Å². The van der Waals surface area contributed by atoms with Gasteiger partial charge < -0.3 is 15.5 Å². The third-order valence-corrected chi connectivity index (χ3v) is 7.18. The van der Waals surface area contributed by atoms with Crippen LogP contribution >= 0.6 is 11.6 Å². The van der Waals surface area contributed by atoms with Crippen LogP contribution in [0.15, 0.2) is 109 Å². The number of rotatable bonds is 9. The van der Waals surface area contributed by atoms with E-state index in [0.717, 1.165) is 11.1 Å². The van der Waals surface area contributed by atoms with Gasteiger partial charge in [0.15, 0.2) is 0 Å². The number of benzene rings is 3. The zero-order valence-electron chi connectivity index (χ0n) is 21.3. The molecule has 0 radical (unpaired) electrons. The van der Waals surface area contributed by atoms with Crippen LogP contribution in [0.5, 0.6) is 0 Å². The summed E-state index contributed by atoms with van der Waals surface area (Å²) in [7, 11) is 0. The van der Waals surface area contributed by atoms with Gasteiger partial charge in [-0.15, -0.1) is 6.58 Å². The summed E-state index contributed by atoms with van der Waals surface area (Å²) >= 11 is 6.21. The van der Waals surface area contributed by atoms with Crippen molar-refractivity contribution < 1.29 is 14.4 Å². The molecule has 0 saturated heterocycles. The molecular weight excluding hydrogens is 512 g/mol. The molecule has 0 aliphatic carbocycles. The summed E-state index contributed by atoms with van der Waals surface area (Å²) in [6.07, 6.45) is 2.22. The van der Waals surface area contributed by atoms with Crippen LogP contribution in [-0.4, -0.2) is 47.3 Å². The smallest absolute Gasteiger partial charge is 0.322 e. The lowest BCUT2D eigenvalue weighted by atomic mass is 9.95. The van der Waals surface area contributed by atoms with E-state index >= 15 is 0 Å². The van der Waals surface area contributed by atoms with Crippen molar-refractivity contribution in [3.8, 4) is 0 Å². The summed E-state index contributed by atoms with van der Waals surface area (Å²) in [5, 5.41) is 6.56. The third-order valence-electron chi connectivity index (χ3n) is 6.94. The predicted octanol–water partition coefficient (Wildman–Crippen LogP) is 4.79. The van der Waals surface area contributed by atoms with Crippen molar-refractivity contribution in [1.29, 1.82) is 0 Å². The topological polar surface area (TPSA) is 81.8 Å². The Morgan fingerprint density at radius 3 is 2.46 bits per heavy atom. The molecule has 0 aromatic heterocycles. The Labute approximate surface area is 232 Å². The summed E-state index contributed by atoms with van der Waals surface area (Å²) in [4.78, 5) is 43.0. The summed E-state index contributed by atoms with van der Waals surface area (Å²) in [6, 6.07) is 25.5. The van der Waals surface area contributed by atoms with E-state index in [1.54, 1.807) is 24.3 Å². The quantitative estimate of drug-likeness (QED) is 0.383. The molecule has 0 spiro atoms. The zero-order chi connectivity index (χ0) is 27.4. The molecule has 2 aliphatic heterocycles. The van der Waals surface area contributed by atoms with E-state index in [-0.39, 0.29) is 43.5 Å². The number of carbonyl (C=O) groups is 3. The van der Waals surface area contributed by atoms with Crippen LogP contribution < -0.4 is 10.6 Å². The molecule has 39 heavy (non-hydrogen) atoms. The van der Waals surface area contributed by atoms with Gasteiger partial charge in [0, 0.05) is 11.6 Å². The molecule has 0 unspecified atom stereocenters. The molecule has 3 aromatic carbocycles. The predicted molar refractivity (Wildman–Crippen MR) is 151 cm³/mol. The van der Waals surface area contributed by atoms with Gasteiger partial charge in [0.25, 0.3) is 5.91 Å². The number of urea groups is 1. The number of amides is 4. The fourth-order valence-corrected chi connectivity index (χ4v) is 5.33. The van der Waals surface area contributed by atoms with E-state index in [1.807, 2.05) is 66.7 Å². The second-order valence-electron chi connectivity index (χ2n) is 9.58. The maximum atomic E-state index is 13.7. The van der Waals surface area contributed by atoms with E-state index in [9.17, 15) is 14.4 Å². The minimum Gasteiger partial charge on any atom is -0.347 e. The van der Waals surface area contributed by atoms with Gasteiger partial charge >= 0.3 is 6.03 Å². The lowest BCUT2D eigenvalue weighted by Crippen LogP contribution is -2.47. The number of hydrogen-bond donors (Lipinski definition) is 2. The van der Waals surface area contributed by atoms with Gasteiger partial charge in [-0.3, -0.25) is 14.5 Å². The number of nitrogens with zero attached hydrogens (tertiary/aromatic N) is 2. The van der Waals surface area contributed by atoms with Crippen LogP contribution in [0.2, 0.25) is 5.02 Å². The van der Waals surface area contributed by atoms with Crippen LogP contribution in [-0.2, 0) is 16.0 Å². The summed E-state index contributed by atoms with van der Waals surface area (Å²) in [5.74, 6) is -0.569. The molecule has 3 aromatic rings. The third kappa shape index (κ3) is 5.73. The molecule has 7 nitrogen and oxygen atoms in total. The second kappa shape index (κ2) is 11.6.